The Bertz CT molecular complexity index is 630. The van der Waals surface area contributed by atoms with Crippen LogP contribution in [0.3, 0.4) is 0 Å². The van der Waals surface area contributed by atoms with Crippen LogP contribution < -0.4 is 15.5 Å². The van der Waals surface area contributed by atoms with E-state index in [-0.39, 0.29) is 19.1 Å². The number of nitrogens with zero attached hydrogens (tertiary/aromatic N) is 2. The molecule has 1 aromatic rings. The van der Waals surface area contributed by atoms with Crippen molar-refractivity contribution in [1.29, 1.82) is 0 Å². The molecule has 1 unspecified atom stereocenters. The van der Waals surface area contributed by atoms with Crippen molar-refractivity contribution in [2.45, 2.75) is 40.0 Å². The van der Waals surface area contributed by atoms with Gasteiger partial charge in [-0.15, -0.1) is 0 Å². The Hall–Kier alpha value is -2.08. The minimum Gasteiger partial charge on any atom is -0.396 e. The first kappa shape index (κ1) is 21.2. The van der Waals surface area contributed by atoms with Gasteiger partial charge in [0.05, 0.1) is 0 Å². The molecule has 1 aliphatic heterocycles. The second kappa shape index (κ2) is 10.9. The number of carbonyl (C=O) groups is 1. The fourth-order valence-electron chi connectivity index (χ4n) is 3.56. The van der Waals surface area contributed by atoms with E-state index in [9.17, 15) is 9.90 Å². The first-order chi connectivity index (χ1) is 13.0. The average Bonchev–Trinajstić information content (AvgIpc) is 3.07. The topological polar surface area (TPSA) is 77.0 Å². The lowest BCUT2D eigenvalue weighted by Gasteiger charge is -2.21. The Morgan fingerprint density at radius 3 is 2.78 bits per heavy atom. The van der Waals surface area contributed by atoms with Gasteiger partial charge in [0.15, 0.2) is 5.96 Å². The number of fused-ring (bicyclic) bond motifs is 1. The summed E-state index contributed by atoms with van der Waals surface area (Å²) in [6.45, 7) is 8.91. The summed E-state index contributed by atoms with van der Waals surface area (Å²) in [5.41, 5.74) is 2.23. The second-order valence-electron chi connectivity index (χ2n) is 7.51. The predicted octanol–water partition coefficient (Wildman–Crippen LogP) is 2.18. The van der Waals surface area contributed by atoms with Gasteiger partial charge in [-0.25, -0.2) is 4.99 Å². The summed E-state index contributed by atoms with van der Waals surface area (Å²) in [4.78, 5) is 18.9. The van der Waals surface area contributed by atoms with Crippen molar-refractivity contribution in [3.8, 4) is 0 Å². The van der Waals surface area contributed by atoms with Crippen LogP contribution in [0.2, 0.25) is 0 Å². The highest BCUT2D eigenvalue weighted by Gasteiger charge is 2.23. The molecule has 0 aliphatic carbocycles. The lowest BCUT2D eigenvalue weighted by molar-refractivity contribution is -0.117. The fourth-order valence-corrected chi connectivity index (χ4v) is 3.56. The van der Waals surface area contributed by atoms with Crippen molar-refractivity contribution in [1.82, 2.24) is 10.6 Å². The molecule has 1 aliphatic rings. The summed E-state index contributed by atoms with van der Waals surface area (Å²) in [7, 11) is 0. The smallest absolute Gasteiger partial charge is 0.248 e. The van der Waals surface area contributed by atoms with Crippen LogP contribution in [-0.4, -0.2) is 49.8 Å². The van der Waals surface area contributed by atoms with Gasteiger partial charge in [-0.05, 0) is 49.7 Å². The SMILES string of the molecule is CCNC(=NCC(=O)N1CCc2ccccc21)NCC(CCO)CC(C)C. The van der Waals surface area contributed by atoms with Crippen LogP contribution in [0.25, 0.3) is 0 Å². The minimum atomic E-state index is 0.0197. The Morgan fingerprint density at radius 1 is 1.30 bits per heavy atom. The van der Waals surface area contributed by atoms with Gasteiger partial charge in [0, 0.05) is 31.9 Å². The molecule has 0 saturated heterocycles. The van der Waals surface area contributed by atoms with E-state index in [0.717, 1.165) is 44.6 Å². The van der Waals surface area contributed by atoms with Crippen molar-refractivity contribution < 1.29 is 9.90 Å². The number of aliphatic hydroxyl groups is 1. The molecule has 0 fully saturated rings. The molecule has 27 heavy (non-hydrogen) atoms. The molecule has 1 amide bonds. The van der Waals surface area contributed by atoms with E-state index in [1.165, 1.54) is 5.56 Å². The maximum Gasteiger partial charge on any atom is 0.248 e. The van der Waals surface area contributed by atoms with Crippen molar-refractivity contribution >= 4 is 17.6 Å². The normalized spacial score (nSPS) is 15.0. The van der Waals surface area contributed by atoms with Gasteiger partial charge in [0.1, 0.15) is 6.54 Å². The van der Waals surface area contributed by atoms with Gasteiger partial charge in [-0.2, -0.15) is 0 Å². The van der Waals surface area contributed by atoms with Crippen LogP contribution in [0.1, 0.15) is 39.2 Å². The van der Waals surface area contributed by atoms with Crippen LogP contribution in [0.5, 0.6) is 0 Å². The largest absolute Gasteiger partial charge is 0.396 e. The van der Waals surface area contributed by atoms with E-state index in [1.54, 1.807) is 0 Å². The number of anilines is 1. The third-order valence-electron chi connectivity index (χ3n) is 4.81. The zero-order valence-corrected chi connectivity index (χ0v) is 16.9. The highest BCUT2D eigenvalue weighted by Crippen LogP contribution is 2.27. The number of amides is 1. The quantitative estimate of drug-likeness (QED) is 0.457. The summed E-state index contributed by atoms with van der Waals surface area (Å²) in [6.07, 6.45) is 2.73. The lowest BCUT2D eigenvalue weighted by atomic mass is 9.94. The number of nitrogens with one attached hydrogen (secondary N) is 2. The summed E-state index contributed by atoms with van der Waals surface area (Å²) in [5.74, 6) is 1.65. The summed E-state index contributed by atoms with van der Waals surface area (Å²) >= 11 is 0. The zero-order valence-electron chi connectivity index (χ0n) is 16.9. The molecule has 2 rings (SSSR count). The molecule has 0 saturated carbocycles. The Kier molecular flexibility index (Phi) is 8.58. The van der Waals surface area contributed by atoms with E-state index in [4.69, 9.17) is 0 Å². The second-order valence-corrected chi connectivity index (χ2v) is 7.51. The Balaban J connectivity index is 1.93. The maximum absolute atomic E-state index is 12.6. The van der Waals surface area contributed by atoms with Crippen LogP contribution in [0.4, 0.5) is 5.69 Å². The van der Waals surface area contributed by atoms with Gasteiger partial charge < -0.3 is 20.6 Å². The summed E-state index contributed by atoms with van der Waals surface area (Å²) in [5, 5.41) is 15.8. The zero-order chi connectivity index (χ0) is 19.6. The molecule has 1 aromatic carbocycles. The van der Waals surface area contributed by atoms with Crippen LogP contribution in [0, 0.1) is 11.8 Å². The molecule has 0 spiro atoms. The average molecular weight is 375 g/mol. The number of hydrogen-bond acceptors (Lipinski definition) is 3. The van der Waals surface area contributed by atoms with Crippen LogP contribution in [-0.2, 0) is 11.2 Å². The number of carbonyl (C=O) groups excluding carboxylic acids is 1. The number of guanidine groups is 1. The number of aliphatic hydroxyl groups excluding tert-OH is 1. The van der Waals surface area contributed by atoms with E-state index < -0.39 is 0 Å². The summed E-state index contributed by atoms with van der Waals surface area (Å²) < 4.78 is 0. The molecule has 0 bridgehead atoms. The molecule has 0 aromatic heterocycles. The van der Waals surface area contributed by atoms with E-state index in [1.807, 2.05) is 30.0 Å². The first-order valence-electron chi connectivity index (χ1n) is 10.1. The van der Waals surface area contributed by atoms with Gasteiger partial charge in [0.25, 0.3) is 0 Å². The molecule has 6 nitrogen and oxygen atoms in total. The van der Waals surface area contributed by atoms with Crippen molar-refractivity contribution in [3.05, 3.63) is 29.8 Å². The van der Waals surface area contributed by atoms with Gasteiger partial charge in [-0.3, -0.25) is 4.79 Å². The number of hydrogen-bond donors (Lipinski definition) is 3. The van der Waals surface area contributed by atoms with E-state index >= 15 is 0 Å². The molecule has 1 atom stereocenters. The number of benzene rings is 1. The molecule has 0 radical (unpaired) electrons. The standard InChI is InChI=1S/C21H34N4O2/c1-4-22-21(23-14-17(10-12-26)13-16(2)3)24-15-20(27)25-11-9-18-7-5-6-8-19(18)25/h5-8,16-17,26H,4,9-15H2,1-3H3,(H2,22,23,24). The third kappa shape index (κ3) is 6.54. The molecule has 150 valence electrons. The van der Waals surface area contributed by atoms with Crippen LogP contribution >= 0.6 is 0 Å². The van der Waals surface area contributed by atoms with Crippen molar-refractivity contribution in [3.63, 3.8) is 0 Å². The van der Waals surface area contributed by atoms with Gasteiger partial charge in [0.2, 0.25) is 5.91 Å². The third-order valence-corrected chi connectivity index (χ3v) is 4.81. The molecule has 1 heterocycles. The molecule has 3 N–H and O–H groups in total. The highest BCUT2D eigenvalue weighted by molar-refractivity contribution is 5.98. The fraction of sp³-hybridized carbons (Fsp3) is 0.619. The van der Waals surface area contributed by atoms with E-state index in [2.05, 4.69) is 35.5 Å². The number of para-hydroxylation sites is 1. The highest BCUT2D eigenvalue weighted by atomic mass is 16.3. The Labute approximate surface area is 163 Å². The van der Waals surface area contributed by atoms with Gasteiger partial charge in [-0.1, -0.05) is 32.0 Å². The minimum absolute atomic E-state index is 0.0197. The van der Waals surface area contributed by atoms with E-state index in [0.29, 0.717) is 17.8 Å². The molecule has 6 heteroatoms. The monoisotopic (exact) mass is 374 g/mol. The number of rotatable bonds is 9. The van der Waals surface area contributed by atoms with Crippen molar-refractivity contribution in [2.24, 2.45) is 16.8 Å². The lowest BCUT2D eigenvalue weighted by Crippen LogP contribution is -2.41. The summed E-state index contributed by atoms with van der Waals surface area (Å²) in [6, 6.07) is 8.06. The maximum atomic E-state index is 12.6. The number of aliphatic imine (C=N–C) groups is 1. The Morgan fingerprint density at radius 2 is 2.07 bits per heavy atom. The van der Waals surface area contributed by atoms with Crippen molar-refractivity contribution in [2.75, 3.05) is 37.7 Å². The predicted molar refractivity (Wildman–Crippen MR) is 111 cm³/mol. The van der Waals surface area contributed by atoms with Gasteiger partial charge >= 0.3 is 0 Å². The molecular weight excluding hydrogens is 340 g/mol. The molecular formula is C21H34N4O2. The first-order valence-corrected chi connectivity index (χ1v) is 10.1. The van der Waals surface area contributed by atoms with Crippen LogP contribution in [0.15, 0.2) is 29.3 Å².